The molecule has 6 atom stereocenters. The largest absolute Gasteiger partial charge is 0.349 e. The average molecular weight is 493 g/mol. The highest BCUT2D eigenvalue weighted by Crippen LogP contribution is 2.65. The highest BCUT2D eigenvalue weighted by molar-refractivity contribution is 5.94. The fourth-order valence-electron chi connectivity index (χ4n) is 8.63. The van der Waals surface area contributed by atoms with E-state index < -0.39 is 0 Å². The van der Waals surface area contributed by atoms with Crippen LogP contribution in [0.1, 0.15) is 69.2 Å². The highest BCUT2D eigenvalue weighted by atomic mass is 16.1. The predicted octanol–water partition coefficient (Wildman–Crippen LogP) is 6.64. The van der Waals surface area contributed by atoms with E-state index in [4.69, 9.17) is 4.98 Å². The van der Waals surface area contributed by atoms with Gasteiger partial charge in [0.25, 0.3) is 5.91 Å². The third kappa shape index (κ3) is 3.46. The molecule has 0 radical (unpaired) electrons. The smallest absolute Gasteiger partial charge is 0.251 e. The van der Waals surface area contributed by atoms with Crippen LogP contribution in [0.25, 0.3) is 16.7 Å². The van der Waals surface area contributed by atoms with Crippen LogP contribution in [0.15, 0.2) is 72.8 Å². The van der Waals surface area contributed by atoms with Crippen LogP contribution < -0.4 is 5.32 Å². The second kappa shape index (κ2) is 8.41. The van der Waals surface area contributed by atoms with E-state index in [0.717, 1.165) is 36.6 Å². The summed E-state index contributed by atoms with van der Waals surface area (Å²) in [6.45, 7) is 5.06. The molecular formula is C32H36N4O. The Kier molecular flexibility index (Phi) is 5.21. The van der Waals surface area contributed by atoms with Crippen LogP contribution in [0.4, 0.5) is 0 Å². The summed E-state index contributed by atoms with van der Waals surface area (Å²) >= 11 is 0. The van der Waals surface area contributed by atoms with Gasteiger partial charge in [0.1, 0.15) is 6.33 Å². The summed E-state index contributed by atoms with van der Waals surface area (Å²) in [7, 11) is 0. The standard InChI is InChI=1S/C32H36N4O/c1-31-15-11-23(35-30(37)21-13-17-33-18-14-21)19-22(31)7-8-24-25-9-10-29(32(25,2)16-12-26(24)31)36-20-34-27-5-3-4-6-28(27)36/h3-7,10,13-14,17-18,20,23-26H,8-9,11-12,15-16,19H2,1-2H3,(H,35,37)/t23-,24-,25-,26-,31-,32-/m0/s1. The Morgan fingerprint density at radius 1 is 0.973 bits per heavy atom. The van der Waals surface area contributed by atoms with Gasteiger partial charge in [0, 0.05) is 35.1 Å². The normalized spacial score (nSPS) is 34.6. The maximum absolute atomic E-state index is 12.8. The fourth-order valence-corrected chi connectivity index (χ4v) is 8.63. The molecular weight excluding hydrogens is 456 g/mol. The van der Waals surface area contributed by atoms with Gasteiger partial charge in [-0.1, -0.05) is 43.7 Å². The molecule has 7 rings (SSSR count). The first-order valence-corrected chi connectivity index (χ1v) is 14.0. The molecule has 190 valence electrons. The number of rotatable bonds is 3. The second-order valence-corrected chi connectivity index (χ2v) is 12.3. The number of imidazole rings is 1. The predicted molar refractivity (Wildman–Crippen MR) is 147 cm³/mol. The number of para-hydroxylation sites is 2. The number of fused-ring (bicyclic) bond motifs is 6. The van der Waals surface area contributed by atoms with Gasteiger partial charge in [-0.05, 0) is 92.4 Å². The van der Waals surface area contributed by atoms with Crippen molar-refractivity contribution in [2.75, 3.05) is 0 Å². The van der Waals surface area contributed by atoms with E-state index in [1.165, 1.54) is 36.9 Å². The third-order valence-electron chi connectivity index (χ3n) is 10.6. The third-order valence-corrected chi connectivity index (χ3v) is 10.6. The molecule has 4 aliphatic rings. The van der Waals surface area contributed by atoms with Crippen molar-refractivity contribution in [3.05, 3.63) is 78.4 Å². The van der Waals surface area contributed by atoms with E-state index in [0.29, 0.717) is 11.5 Å². The van der Waals surface area contributed by atoms with E-state index in [1.54, 1.807) is 30.1 Å². The molecule has 4 aliphatic carbocycles. The van der Waals surface area contributed by atoms with Gasteiger partial charge in [-0.3, -0.25) is 9.78 Å². The molecule has 0 bridgehead atoms. The summed E-state index contributed by atoms with van der Waals surface area (Å²) in [5, 5.41) is 3.31. The van der Waals surface area contributed by atoms with E-state index in [-0.39, 0.29) is 22.8 Å². The molecule has 3 aromatic rings. The number of allylic oxidation sites excluding steroid dienone is 3. The van der Waals surface area contributed by atoms with Crippen molar-refractivity contribution >= 4 is 22.6 Å². The lowest BCUT2D eigenvalue weighted by Crippen LogP contribution is -2.51. The monoisotopic (exact) mass is 492 g/mol. The molecule has 1 amide bonds. The Labute approximate surface area is 219 Å². The van der Waals surface area contributed by atoms with Crippen molar-refractivity contribution in [2.24, 2.45) is 28.6 Å². The first kappa shape index (κ1) is 22.9. The number of hydrogen-bond donors (Lipinski definition) is 1. The molecule has 0 aliphatic heterocycles. The molecule has 1 N–H and O–H groups in total. The molecule has 2 heterocycles. The number of nitrogens with zero attached hydrogens (tertiary/aromatic N) is 3. The average Bonchev–Trinajstić information content (AvgIpc) is 3.49. The SMILES string of the molecule is C[C@]12CC[C@H](NC(=O)c3ccncc3)CC1=CC[C@@H]1[C@@H]2CC[C@]2(C)C(n3cnc4ccccc43)=CC[C@@H]12. The van der Waals surface area contributed by atoms with Gasteiger partial charge < -0.3 is 9.88 Å². The first-order chi connectivity index (χ1) is 18.0. The minimum absolute atomic E-state index is 0.0234. The van der Waals surface area contributed by atoms with Crippen molar-refractivity contribution in [1.82, 2.24) is 19.9 Å². The minimum Gasteiger partial charge on any atom is -0.349 e. The van der Waals surface area contributed by atoms with Crippen molar-refractivity contribution < 1.29 is 4.79 Å². The lowest BCUT2D eigenvalue weighted by Gasteiger charge is -2.58. The van der Waals surface area contributed by atoms with Crippen LogP contribution in [0.2, 0.25) is 0 Å². The number of nitrogens with one attached hydrogen (secondary N) is 1. The van der Waals surface area contributed by atoms with Crippen molar-refractivity contribution in [3.8, 4) is 0 Å². The van der Waals surface area contributed by atoms with Crippen LogP contribution in [0.3, 0.4) is 0 Å². The molecule has 2 saturated carbocycles. The molecule has 2 fully saturated rings. The van der Waals surface area contributed by atoms with Gasteiger partial charge in [-0.15, -0.1) is 0 Å². The molecule has 5 nitrogen and oxygen atoms in total. The summed E-state index contributed by atoms with van der Waals surface area (Å²) in [6.07, 6.45) is 18.6. The summed E-state index contributed by atoms with van der Waals surface area (Å²) in [4.78, 5) is 21.5. The van der Waals surface area contributed by atoms with Crippen LogP contribution in [0.5, 0.6) is 0 Å². The maximum atomic E-state index is 12.8. The van der Waals surface area contributed by atoms with Gasteiger partial charge in [0.15, 0.2) is 0 Å². The quantitative estimate of drug-likeness (QED) is 0.417. The van der Waals surface area contributed by atoms with Crippen molar-refractivity contribution in [2.45, 2.75) is 64.8 Å². The fraction of sp³-hybridized carbons (Fsp3) is 0.469. The van der Waals surface area contributed by atoms with Crippen molar-refractivity contribution in [1.29, 1.82) is 0 Å². The molecule has 0 saturated heterocycles. The Balaban J connectivity index is 1.11. The second-order valence-electron chi connectivity index (χ2n) is 12.3. The van der Waals surface area contributed by atoms with E-state index in [2.05, 4.69) is 65.1 Å². The number of hydrogen-bond acceptors (Lipinski definition) is 3. The number of carbonyl (C=O) groups excluding carboxylic acids is 1. The molecule has 1 aromatic carbocycles. The van der Waals surface area contributed by atoms with Crippen LogP contribution >= 0.6 is 0 Å². The maximum Gasteiger partial charge on any atom is 0.251 e. The Morgan fingerprint density at radius 2 is 1.78 bits per heavy atom. The van der Waals surface area contributed by atoms with Crippen LogP contribution in [-0.2, 0) is 0 Å². The first-order valence-electron chi connectivity index (χ1n) is 14.0. The van der Waals surface area contributed by atoms with E-state index >= 15 is 0 Å². The zero-order chi connectivity index (χ0) is 25.2. The Morgan fingerprint density at radius 3 is 2.65 bits per heavy atom. The number of amides is 1. The van der Waals surface area contributed by atoms with E-state index in [9.17, 15) is 4.79 Å². The zero-order valence-electron chi connectivity index (χ0n) is 21.9. The van der Waals surface area contributed by atoms with E-state index in [1.807, 2.05) is 6.33 Å². The van der Waals surface area contributed by atoms with Gasteiger partial charge in [-0.2, -0.15) is 0 Å². The molecule has 37 heavy (non-hydrogen) atoms. The number of aromatic nitrogens is 3. The Hall–Kier alpha value is -3.21. The van der Waals surface area contributed by atoms with Crippen molar-refractivity contribution in [3.63, 3.8) is 0 Å². The van der Waals surface area contributed by atoms with Gasteiger partial charge in [0.05, 0.1) is 11.0 Å². The number of benzene rings is 1. The number of carbonyl (C=O) groups is 1. The summed E-state index contributed by atoms with van der Waals surface area (Å²) in [5.41, 5.74) is 6.51. The van der Waals surface area contributed by atoms with Gasteiger partial charge in [-0.25, -0.2) is 4.98 Å². The lowest BCUT2D eigenvalue weighted by atomic mass is 9.47. The Bertz CT molecular complexity index is 1420. The summed E-state index contributed by atoms with van der Waals surface area (Å²) in [6, 6.07) is 12.3. The highest BCUT2D eigenvalue weighted by Gasteiger charge is 2.57. The van der Waals surface area contributed by atoms with Gasteiger partial charge >= 0.3 is 0 Å². The zero-order valence-corrected chi connectivity index (χ0v) is 21.9. The minimum atomic E-state index is 0.0234. The summed E-state index contributed by atoms with van der Waals surface area (Å²) < 4.78 is 2.37. The topological polar surface area (TPSA) is 59.8 Å². The van der Waals surface area contributed by atoms with Gasteiger partial charge in [0.2, 0.25) is 0 Å². The molecule has 2 aromatic heterocycles. The molecule has 5 heteroatoms. The van der Waals surface area contributed by atoms with Crippen LogP contribution in [-0.4, -0.2) is 26.5 Å². The van der Waals surface area contributed by atoms with Crippen LogP contribution in [0, 0.1) is 28.6 Å². The lowest BCUT2D eigenvalue weighted by molar-refractivity contribution is -0.0136. The molecule has 0 spiro atoms. The summed E-state index contributed by atoms with van der Waals surface area (Å²) in [5.74, 6) is 2.16. The molecule has 0 unspecified atom stereocenters. The number of pyridine rings is 1.